The van der Waals surface area contributed by atoms with E-state index in [1.54, 1.807) is 12.1 Å². The van der Waals surface area contributed by atoms with E-state index in [1.165, 1.54) is 11.8 Å². The van der Waals surface area contributed by atoms with E-state index in [9.17, 15) is 13.2 Å². The molecule has 0 aliphatic heterocycles. The zero-order valence-electron chi connectivity index (χ0n) is 13.9. The van der Waals surface area contributed by atoms with Crippen LogP contribution in [0, 0.1) is 5.92 Å². The Morgan fingerprint density at radius 3 is 2.28 bits per heavy atom. The van der Waals surface area contributed by atoms with Crippen molar-refractivity contribution in [2.24, 2.45) is 5.92 Å². The summed E-state index contributed by atoms with van der Waals surface area (Å²) in [6, 6.07) is 15.4. The number of sulfone groups is 1. The number of hydrogen-bond donors (Lipinski definition) is 1. The molecule has 2 unspecified atom stereocenters. The lowest BCUT2D eigenvalue weighted by Crippen LogP contribution is -2.24. The van der Waals surface area contributed by atoms with Gasteiger partial charge in [-0.25, -0.2) is 8.42 Å². The van der Waals surface area contributed by atoms with E-state index in [4.69, 9.17) is 0 Å². The van der Waals surface area contributed by atoms with Crippen LogP contribution < -0.4 is 5.32 Å². The highest BCUT2D eigenvalue weighted by Crippen LogP contribution is 2.47. The van der Waals surface area contributed by atoms with Crippen molar-refractivity contribution in [1.29, 1.82) is 0 Å². The molecule has 0 aromatic heterocycles. The van der Waals surface area contributed by atoms with Crippen LogP contribution in [0.3, 0.4) is 0 Å². The van der Waals surface area contributed by atoms with Crippen LogP contribution in [-0.2, 0) is 26.9 Å². The molecule has 3 rings (SSSR count). The van der Waals surface area contributed by atoms with Crippen molar-refractivity contribution in [3.05, 3.63) is 69.7 Å². The summed E-state index contributed by atoms with van der Waals surface area (Å²) in [5, 5.41) is 2.97. The van der Waals surface area contributed by atoms with Crippen molar-refractivity contribution in [2.75, 3.05) is 6.26 Å². The minimum atomic E-state index is -3.03. The fourth-order valence-electron chi connectivity index (χ4n) is 2.94. The molecule has 1 N–H and O–H groups in total. The lowest BCUT2D eigenvalue weighted by Gasteiger charge is -2.07. The number of carbonyl (C=O) groups is 1. The third-order valence-corrected chi connectivity index (χ3v) is 5.73. The van der Waals surface area contributed by atoms with Crippen molar-refractivity contribution in [1.82, 2.24) is 5.32 Å². The molecule has 0 radical (unpaired) electrons. The van der Waals surface area contributed by atoms with Crippen LogP contribution in [0.5, 0.6) is 0 Å². The van der Waals surface area contributed by atoms with Gasteiger partial charge in [-0.05, 0) is 41.2 Å². The molecule has 25 heavy (non-hydrogen) atoms. The van der Waals surface area contributed by atoms with Gasteiger partial charge in [0.15, 0.2) is 9.84 Å². The Morgan fingerprint density at radius 1 is 1.08 bits per heavy atom. The monoisotopic (exact) mass is 421 g/mol. The topological polar surface area (TPSA) is 63.2 Å². The molecule has 2 atom stereocenters. The van der Waals surface area contributed by atoms with Gasteiger partial charge in [0.2, 0.25) is 5.91 Å². The fourth-order valence-corrected chi connectivity index (χ4v) is 4.00. The maximum Gasteiger partial charge on any atom is 0.224 e. The molecule has 0 heterocycles. The van der Waals surface area contributed by atoms with Crippen molar-refractivity contribution in [2.45, 2.75) is 24.6 Å². The first-order valence-corrected chi connectivity index (χ1v) is 11.0. The second-order valence-corrected chi connectivity index (χ2v) is 9.66. The fraction of sp³-hybridized carbons (Fsp3) is 0.316. The molecule has 1 aliphatic carbocycles. The van der Waals surface area contributed by atoms with E-state index >= 15 is 0 Å². The van der Waals surface area contributed by atoms with Gasteiger partial charge < -0.3 is 5.32 Å². The molecule has 0 spiro atoms. The van der Waals surface area contributed by atoms with Crippen LogP contribution in [-0.4, -0.2) is 20.6 Å². The minimum absolute atomic E-state index is 0.0383. The quantitative estimate of drug-likeness (QED) is 0.776. The maximum absolute atomic E-state index is 12.3. The third-order valence-electron chi connectivity index (χ3n) is 4.34. The second kappa shape index (κ2) is 7.30. The van der Waals surface area contributed by atoms with Gasteiger partial charge in [-0.2, -0.15) is 0 Å². The molecule has 4 nitrogen and oxygen atoms in total. The average Bonchev–Trinajstić information content (AvgIpc) is 3.34. The van der Waals surface area contributed by atoms with Crippen LogP contribution in [0.1, 0.15) is 29.0 Å². The van der Waals surface area contributed by atoms with Crippen LogP contribution in [0.2, 0.25) is 0 Å². The Balaban J connectivity index is 1.50. The molecule has 1 aliphatic rings. The van der Waals surface area contributed by atoms with E-state index in [0.29, 0.717) is 12.5 Å². The number of nitrogens with one attached hydrogen (secondary N) is 1. The van der Waals surface area contributed by atoms with Gasteiger partial charge in [-0.1, -0.05) is 52.3 Å². The molecular formula is C19H20BrNO3S. The first-order chi connectivity index (χ1) is 11.8. The first kappa shape index (κ1) is 18.1. The van der Waals surface area contributed by atoms with Crippen LogP contribution in [0.15, 0.2) is 53.0 Å². The highest BCUT2D eigenvalue weighted by molar-refractivity contribution is 9.10. The molecule has 0 saturated heterocycles. The smallest absolute Gasteiger partial charge is 0.224 e. The van der Waals surface area contributed by atoms with Crippen LogP contribution >= 0.6 is 15.9 Å². The Labute approximate surface area is 156 Å². The molecule has 1 saturated carbocycles. The molecule has 0 bridgehead atoms. The number of halogens is 1. The Hall–Kier alpha value is -1.66. The Bertz CT molecular complexity index is 861. The highest BCUT2D eigenvalue weighted by Gasteiger charge is 2.43. The van der Waals surface area contributed by atoms with Crippen LogP contribution in [0.4, 0.5) is 0 Å². The van der Waals surface area contributed by atoms with Gasteiger partial charge in [-0.15, -0.1) is 0 Å². The maximum atomic E-state index is 12.3. The van der Waals surface area contributed by atoms with Crippen molar-refractivity contribution in [3.8, 4) is 0 Å². The van der Waals surface area contributed by atoms with Crippen LogP contribution in [0.25, 0.3) is 0 Å². The number of hydrogen-bond acceptors (Lipinski definition) is 3. The van der Waals surface area contributed by atoms with Gasteiger partial charge >= 0.3 is 0 Å². The van der Waals surface area contributed by atoms with Crippen molar-refractivity contribution in [3.63, 3.8) is 0 Å². The number of rotatable bonds is 6. The lowest BCUT2D eigenvalue weighted by atomic mass is 10.1. The summed E-state index contributed by atoms with van der Waals surface area (Å²) in [4.78, 5) is 12.3. The molecular weight excluding hydrogens is 402 g/mol. The first-order valence-electron chi connectivity index (χ1n) is 8.10. The Morgan fingerprint density at radius 2 is 1.68 bits per heavy atom. The summed E-state index contributed by atoms with van der Waals surface area (Å²) in [5.74, 6) is 0.473. The predicted molar refractivity (Wildman–Crippen MR) is 102 cm³/mol. The van der Waals surface area contributed by atoms with Gasteiger partial charge in [-0.3, -0.25) is 4.79 Å². The number of amides is 1. The van der Waals surface area contributed by atoms with Crippen molar-refractivity contribution >= 4 is 31.7 Å². The molecule has 6 heteroatoms. The van der Waals surface area contributed by atoms with Gasteiger partial charge in [0.05, 0.1) is 5.75 Å². The largest absolute Gasteiger partial charge is 0.352 e. The number of benzene rings is 2. The molecule has 1 fully saturated rings. The SMILES string of the molecule is CS(=O)(=O)Cc1ccc(CNC(=O)C2CC2c2ccc(Br)cc2)cc1. The zero-order chi connectivity index (χ0) is 18.0. The van der Waals surface area contributed by atoms with E-state index < -0.39 is 9.84 Å². The van der Waals surface area contributed by atoms with Gasteiger partial charge in [0.1, 0.15) is 0 Å². The molecule has 2 aromatic rings. The molecule has 1 amide bonds. The summed E-state index contributed by atoms with van der Waals surface area (Å²) in [7, 11) is -3.03. The van der Waals surface area contributed by atoms with E-state index in [2.05, 4.69) is 33.4 Å². The highest BCUT2D eigenvalue weighted by atomic mass is 79.9. The standard InChI is InChI=1S/C19H20BrNO3S/c1-25(23,24)12-14-4-2-13(3-5-14)11-21-19(22)18-10-17(18)15-6-8-16(20)9-7-15/h2-9,17-18H,10-12H2,1H3,(H,21,22). The normalized spacial score (nSPS) is 19.4. The lowest BCUT2D eigenvalue weighted by molar-refractivity contribution is -0.122. The summed E-state index contributed by atoms with van der Waals surface area (Å²) < 4.78 is 23.6. The minimum Gasteiger partial charge on any atom is -0.352 e. The van der Waals surface area contributed by atoms with E-state index in [-0.39, 0.29) is 17.6 Å². The van der Waals surface area contributed by atoms with Gasteiger partial charge in [0, 0.05) is 23.2 Å². The Kier molecular flexibility index (Phi) is 5.29. The summed E-state index contributed by atoms with van der Waals surface area (Å²) in [5.41, 5.74) is 2.93. The third kappa shape index (κ3) is 5.16. The van der Waals surface area contributed by atoms with Gasteiger partial charge in [0.25, 0.3) is 0 Å². The van der Waals surface area contributed by atoms with Crippen molar-refractivity contribution < 1.29 is 13.2 Å². The summed E-state index contributed by atoms with van der Waals surface area (Å²) in [6.45, 7) is 0.460. The average molecular weight is 422 g/mol. The predicted octanol–water partition coefficient (Wildman–Crippen LogP) is 3.41. The number of carbonyl (C=O) groups excluding carboxylic acids is 1. The summed E-state index contributed by atoms with van der Waals surface area (Å²) >= 11 is 3.42. The molecule has 2 aromatic carbocycles. The zero-order valence-corrected chi connectivity index (χ0v) is 16.3. The van der Waals surface area contributed by atoms with E-state index in [1.807, 2.05) is 24.3 Å². The molecule has 132 valence electrons. The summed E-state index contributed by atoms with van der Waals surface area (Å²) in [6.07, 6.45) is 2.11. The van der Waals surface area contributed by atoms with E-state index in [0.717, 1.165) is 22.0 Å². The second-order valence-electron chi connectivity index (χ2n) is 6.60.